The molecule has 0 unspecified atom stereocenters. The zero-order chi connectivity index (χ0) is 21.8. The Balaban J connectivity index is 1.90. The normalized spacial score (nSPS) is 10.5. The lowest BCUT2D eigenvalue weighted by Gasteiger charge is -2.17. The summed E-state index contributed by atoms with van der Waals surface area (Å²) in [6, 6.07) is 16.3. The maximum absolute atomic E-state index is 13.0. The van der Waals surface area contributed by atoms with Crippen molar-refractivity contribution in [2.45, 2.75) is 46.1 Å². The molecule has 6 nitrogen and oxygen atoms in total. The second-order valence-electron chi connectivity index (χ2n) is 7.15. The smallest absolute Gasteiger partial charge is 0.407 e. The number of ketones is 1. The van der Waals surface area contributed by atoms with Crippen molar-refractivity contribution >= 4 is 23.5 Å². The molecule has 0 aliphatic carbocycles. The molecule has 2 N–H and O–H groups in total. The number of ether oxygens (including phenoxy) is 1. The number of para-hydroxylation sites is 1. The van der Waals surface area contributed by atoms with Gasteiger partial charge in [0.25, 0.3) is 0 Å². The average molecular weight is 411 g/mol. The monoisotopic (exact) mass is 410 g/mol. The summed E-state index contributed by atoms with van der Waals surface area (Å²) in [5.74, 6) is -0.427. The molecule has 2 aromatic carbocycles. The van der Waals surface area contributed by atoms with Gasteiger partial charge in [0.05, 0.1) is 5.69 Å². The average Bonchev–Trinajstić information content (AvgIpc) is 2.77. The summed E-state index contributed by atoms with van der Waals surface area (Å²) in [4.78, 5) is 37.1. The van der Waals surface area contributed by atoms with Gasteiger partial charge in [0, 0.05) is 11.5 Å². The van der Waals surface area contributed by atoms with Gasteiger partial charge in [-0.25, -0.2) is 4.79 Å². The molecule has 2 aromatic rings. The number of anilines is 1. The summed E-state index contributed by atoms with van der Waals surface area (Å²) in [7, 11) is 0. The molecule has 0 aromatic heterocycles. The van der Waals surface area contributed by atoms with Crippen molar-refractivity contribution in [1.82, 2.24) is 5.32 Å². The summed E-state index contributed by atoms with van der Waals surface area (Å²) in [5.41, 5.74) is 1.83. The number of carbonyl (C=O) groups is 3. The molecule has 0 saturated carbocycles. The predicted octanol–water partition coefficient (Wildman–Crippen LogP) is 4.95. The van der Waals surface area contributed by atoms with Crippen LogP contribution in [0.5, 0.6) is 0 Å². The minimum Gasteiger partial charge on any atom is -0.445 e. The standard InChI is InChI=1S/C24H30N2O4/c1-3-10-19(11-4-2)23(28)20-14-8-9-15-21(20)26-22(27)16-25-24(29)30-17-18-12-6-5-7-13-18/h5-9,12-15,19H,3-4,10-11,16-17H2,1-2H3,(H,25,29)(H,26,27). The van der Waals surface area contributed by atoms with E-state index in [1.807, 2.05) is 30.3 Å². The Labute approximate surface area is 178 Å². The number of amides is 2. The molecule has 0 saturated heterocycles. The van der Waals surface area contributed by atoms with Crippen molar-refractivity contribution in [3.05, 3.63) is 65.7 Å². The number of Topliss-reactive ketones (excluding diaryl/α,β-unsaturated/α-hetero) is 1. The first-order valence-electron chi connectivity index (χ1n) is 10.4. The second-order valence-corrected chi connectivity index (χ2v) is 7.15. The first-order chi connectivity index (χ1) is 14.5. The van der Waals surface area contributed by atoms with Crippen molar-refractivity contribution in [3.8, 4) is 0 Å². The van der Waals surface area contributed by atoms with E-state index in [0.29, 0.717) is 11.3 Å². The Morgan fingerprint density at radius 1 is 0.900 bits per heavy atom. The van der Waals surface area contributed by atoms with Gasteiger partial charge in [-0.1, -0.05) is 69.2 Å². The number of hydrogen-bond acceptors (Lipinski definition) is 4. The van der Waals surface area contributed by atoms with Gasteiger partial charge in [0.2, 0.25) is 5.91 Å². The highest BCUT2D eigenvalue weighted by Gasteiger charge is 2.21. The third-order valence-electron chi connectivity index (χ3n) is 4.72. The lowest BCUT2D eigenvalue weighted by Crippen LogP contribution is -2.33. The Hall–Kier alpha value is -3.15. The van der Waals surface area contributed by atoms with Crippen LogP contribution >= 0.6 is 0 Å². The fourth-order valence-electron chi connectivity index (χ4n) is 3.25. The van der Waals surface area contributed by atoms with Gasteiger partial charge in [-0.15, -0.1) is 0 Å². The molecule has 0 atom stereocenters. The lowest BCUT2D eigenvalue weighted by molar-refractivity contribution is -0.115. The van der Waals surface area contributed by atoms with Crippen LogP contribution in [0.3, 0.4) is 0 Å². The quantitative estimate of drug-likeness (QED) is 0.513. The van der Waals surface area contributed by atoms with Crippen molar-refractivity contribution in [2.75, 3.05) is 11.9 Å². The SMILES string of the molecule is CCCC(CCC)C(=O)c1ccccc1NC(=O)CNC(=O)OCc1ccccc1. The molecule has 160 valence electrons. The molecule has 0 aliphatic rings. The number of alkyl carbamates (subject to hydrolysis) is 1. The van der Waals surface area contributed by atoms with Crippen LogP contribution in [0.15, 0.2) is 54.6 Å². The molecular weight excluding hydrogens is 380 g/mol. The molecule has 0 heterocycles. The number of benzene rings is 2. The van der Waals surface area contributed by atoms with Gasteiger partial charge < -0.3 is 15.4 Å². The zero-order valence-electron chi connectivity index (χ0n) is 17.6. The molecule has 30 heavy (non-hydrogen) atoms. The van der Waals surface area contributed by atoms with E-state index >= 15 is 0 Å². The van der Waals surface area contributed by atoms with Crippen molar-refractivity contribution in [3.63, 3.8) is 0 Å². The van der Waals surface area contributed by atoms with Gasteiger partial charge >= 0.3 is 6.09 Å². The highest BCUT2D eigenvalue weighted by atomic mass is 16.5. The molecule has 2 amide bonds. The zero-order valence-corrected chi connectivity index (χ0v) is 17.6. The fraction of sp³-hybridized carbons (Fsp3) is 0.375. The number of carbonyl (C=O) groups excluding carboxylic acids is 3. The molecule has 0 spiro atoms. The van der Waals surface area contributed by atoms with Crippen LogP contribution in [0.4, 0.5) is 10.5 Å². The van der Waals surface area contributed by atoms with E-state index in [0.717, 1.165) is 31.2 Å². The lowest BCUT2D eigenvalue weighted by atomic mass is 9.89. The van der Waals surface area contributed by atoms with Crippen molar-refractivity contribution < 1.29 is 19.1 Å². The Kier molecular flexibility index (Phi) is 9.58. The first-order valence-corrected chi connectivity index (χ1v) is 10.4. The highest BCUT2D eigenvalue weighted by Crippen LogP contribution is 2.24. The van der Waals surface area contributed by atoms with Gasteiger partial charge in [0.1, 0.15) is 13.2 Å². The molecule has 2 rings (SSSR count). The van der Waals surface area contributed by atoms with Crippen LogP contribution in [-0.4, -0.2) is 24.3 Å². The Morgan fingerprint density at radius 3 is 2.20 bits per heavy atom. The van der Waals surface area contributed by atoms with Gasteiger partial charge in [0.15, 0.2) is 5.78 Å². The molecular formula is C24H30N2O4. The van der Waals surface area contributed by atoms with E-state index in [1.54, 1.807) is 24.3 Å². The maximum atomic E-state index is 13.0. The van der Waals surface area contributed by atoms with E-state index in [2.05, 4.69) is 24.5 Å². The number of nitrogens with one attached hydrogen (secondary N) is 2. The summed E-state index contributed by atoms with van der Waals surface area (Å²) >= 11 is 0. The van der Waals surface area contributed by atoms with E-state index in [1.165, 1.54) is 0 Å². The first kappa shape index (κ1) is 23.1. The Bertz CT molecular complexity index is 830. The third-order valence-corrected chi connectivity index (χ3v) is 4.72. The molecule has 0 radical (unpaired) electrons. The second kappa shape index (κ2) is 12.4. The van der Waals surface area contributed by atoms with Crippen LogP contribution in [-0.2, 0) is 16.1 Å². The topological polar surface area (TPSA) is 84.5 Å². The number of hydrogen-bond donors (Lipinski definition) is 2. The minimum absolute atomic E-state index is 0.0461. The summed E-state index contributed by atoms with van der Waals surface area (Å²) in [6.45, 7) is 4.00. The van der Waals surface area contributed by atoms with E-state index in [4.69, 9.17) is 4.74 Å². The van der Waals surface area contributed by atoms with E-state index < -0.39 is 12.0 Å². The summed E-state index contributed by atoms with van der Waals surface area (Å²) in [5, 5.41) is 5.16. The van der Waals surface area contributed by atoms with Gasteiger partial charge in [-0.05, 0) is 30.5 Å². The van der Waals surface area contributed by atoms with Crippen LogP contribution in [0.1, 0.15) is 55.5 Å². The maximum Gasteiger partial charge on any atom is 0.407 e. The molecule has 0 fully saturated rings. The predicted molar refractivity (Wildman–Crippen MR) is 117 cm³/mol. The number of rotatable bonds is 11. The molecule has 0 aliphatic heterocycles. The third kappa shape index (κ3) is 7.35. The van der Waals surface area contributed by atoms with Crippen LogP contribution in [0.2, 0.25) is 0 Å². The summed E-state index contributed by atoms with van der Waals surface area (Å²) in [6.07, 6.45) is 2.83. The largest absolute Gasteiger partial charge is 0.445 e. The van der Waals surface area contributed by atoms with E-state index in [9.17, 15) is 14.4 Å². The highest BCUT2D eigenvalue weighted by molar-refractivity contribution is 6.06. The van der Waals surface area contributed by atoms with Crippen LogP contribution in [0.25, 0.3) is 0 Å². The fourth-order valence-corrected chi connectivity index (χ4v) is 3.25. The molecule has 6 heteroatoms. The molecule has 0 bridgehead atoms. The van der Waals surface area contributed by atoms with Crippen molar-refractivity contribution in [2.24, 2.45) is 5.92 Å². The Morgan fingerprint density at radius 2 is 1.53 bits per heavy atom. The minimum atomic E-state index is -0.677. The van der Waals surface area contributed by atoms with Gasteiger partial charge in [-0.3, -0.25) is 9.59 Å². The summed E-state index contributed by atoms with van der Waals surface area (Å²) < 4.78 is 5.09. The van der Waals surface area contributed by atoms with Crippen LogP contribution in [0, 0.1) is 5.92 Å². The van der Waals surface area contributed by atoms with Gasteiger partial charge in [-0.2, -0.15) is 0 Å². The van der Waals surface area contributed by atoms with Crippen LogP contribution < -0.4 is 10.6 Å². The van der Waals surface area contributed by atoms with Crippen molar-refractivity contribution in [1.29, 1.82) is 0 Å². The van der Waals surface area contributed by atoms with E-state index in [-0.39, 0.29) is 24.9 Å².